The number of hydrogen-bond acceptors (Lipinski definition) is 3. The van der Waals surface area contributed by atoms with Crippen LogP contribution < -0.4 is 56.7 Å². The Kier molecular flexibility index (Phi) is 14.2. The van der Waals surface area contributed by atoms with Crippen LogP contribution in [0.2, 0.25) is 0 Å². The molecule has 0 fully saturated rings. The fraction of sp³-hybridized carbons (Fsp3) is 0.400. The molecule has 0 rings (SSSR count). The van der Waals surface area contributed by atoms with Crippen molar-refractivity contribution in [1.82, 2.24) is 5.32 Å². The van der Waals surface area contributed by atoms with E-state index in [1.165, 1.54) is 6.26 Å². The van der Waals surface area contributed by atoms with Crippen LogP contribution in [0.25, 0.3) is 0 Å². The molecule has 0 spiro atoms. The molecule has 10 heavy (non-hydrogen) atoms. The van der Waals surface area contributed by atoms with Crippen LogP contribution in [0.1, 0.15) is 0 Å². The van der Waals surface area contributed by atoms with E-state index in [2.05, 4.69) is 36.7 Å². The molecular formula is C5H8KNOS2. The average molecular weight is 201 g/mol. The summed E-state index contributed by atoms with van der Waals surface area (Å²) in [5, 5.41) is 2.75. The molecule has 0 aliphatic rings. The SMILES string of the molecule is C=COCCNC(=S)[S-].[K+]. The molecule has 0 radical (unpaired) electrons. The van der Waals surface area contributed by atoms with E-state index in [1.54, 1.807) is 0 Å². The van der Waals surface area contributed by atoms with E-state index in [1.807, 2.05) is 0 Å². The Morgan fingerprint density at radius 1 is 1.80 bits per heavy atom. The van der Waals surface area contributed by atoms with E-state index >= 15 is 0 Å². The number of ether oxygens (including phenoxy) is 1. The van der Waals surface area contributed by atoms with Crippen molar-refractivity contribution in [1.29, 1.82) is 0 Å². The molecule has 1 N–H and O–H groups in total. The van der Waals surface area contributed by atoms with E-state index in [9.17, 15) is 0 Å². The summed E-state index contributed by atoms with van der Waals surface area (Å²) in [7, 11) is 0. The van der Waals surface area contributed by atoms with E-state index < -0.39 is 0 Å². The Hall–Kier alpha value is 1.29. The third-order valence-electron chi connectivity index (χ3n) is 0.607. The van der Waals surface area contributed by atoms with Gasteiger partial charge in [0, 0.05) is 6.54 Å². The third-order valence-corrected chi connectivity index (χ3v) is 0.896. The zero-order valence-electron chi connectivity index (χ0n) is 5.92. The Bertz CT molecular complexity index is 110. The van der Waals surface area contributed by atoms with Gasteiger partial charge in [-0.2, -0.15) is 0 Å². The monoisotopic (exact) mass is 201 g/mol. The van der Waals surface area contributed by atoms with Gasteiger partial charge in [-0.05, 0) is 0 Å². The molecule has 0 saturated heterocycles. The molecule has 0 heterocycles. The molecule has 52 valence electrons. The van der Waals surface area contributed by atoms with Gasteiger partial charge >= 0.3 is 51.4 Å². The van der Waals surface area contributed by atoms with Crippen molar-refractivity contribution in [3.8, 4) is 0 Å². The fourth-order valence-corrected chi connectivity index (χ4v) is 0.499. The van der Waals surface area contributed by atoms with E-state index in [0.29, 0.717) is 17.5 Å². The predicted molar refractivity (Wildman–Crippen MR) is 44.1 cm³/mol. The summed E-state index contributed by atoms with van der Waals surface area (Å²) in [6.07, 6.45) is 1.38. The molecule has 0 amide bonds. The zero-order chi connectivity index (χ0) is 7.11. The van der Waals surface area contributed by atoms with Crippen molar-refractivity contribution in [3.05, 3.63) is 12.8 Å². The maximum atomic E-state index is 4.78. The third kappa shape index (κ3) is 12.0. The summed E-state index contributed by atoms with van der Waals surface area (Å²) in [4.78, 5) is 0. The maximum absolute atomic E-state index is 4.78. The normalized spacial score (nSPS) is 7.20. The van der Waals surface area contributed by atoms with Crippen molar-refractivity contribution in [2.24, 2.45) is 0 Å². The van der Waals surface area contributed by atoms with Gasteiger partial charge in [-0.1, -0.05) is 10.9 Å². The van der Waals surface area contributed by atoms with Crippen molar-refractivity contribution >= 4 is 29.2 Å². The molecule has 5 heteroatoms. The molecule has 0 saturated carbocycles. The molecular weight excluding hydrogens is 193 g/mol. The quantitative estimate of drug-likeness (QED) is 0.179. The number of nitrogens with one attached hydrogen (secondary N) is 1. The van der Waals surface area contributed by atoms with Crippen LogP contribution in [0.4, 0.5) is 0 Å². The molecule has 0 aromatic carbocycles. The van der Waals surface area contributed by atoms with Gasteiger partial charge in [0.15, 0.2) is 0 Å². The molecule has 0 aliphatic carbocycles. The summed E-state index contributed by atoms with van der Waals surface area (Å²) in [5.41, 5.74) is 0. The maximum Gasteiger partial charge on any atom is 1.00 e. The molecule has 0 aromatic rings. The van der Waals surface area contributed by atoms with E-state index in [0.717, 1.165) is 0 Å². The molecule has 0 bridgehead atoms. The van der Waals surface area contributed by atoms with Gasteiger partial charge in [0.1, 0.15) is 6.61 Å². The van der Waals surface area contributed by atoms with Crippen LogP contribution in [-0.2, 0) is 17.4 Å². The smallest absolute Gasteiger partial charge is 0.500 e. The Balaban J connectivity index is 0. The van der Waals surface area contributed by atoms with Crippen LogP contribution in [0.5, 0.6) is 0 Å². The van der Waals surface area contributed by atoms with Crippen LogP contribution >= 0.6 is 12.2 Å². The van der Waals surface area contributed by atoms with Gasteiger partial charge in [0.05, 0.1) is 6.26 Å². The second kappa shape index (κ2) is 10.3. The van der Waals surface area contributed by atoms with Crippen molar-refractivity contribution in [3.63, 3.8) is 0 Å². The number of rotatable bonds is 4. The number of thiocarbonyl (C=S) groups is 1. The van der Waals surface area contributed by atoms with Gasteiger partial charge in [0.2, 0.25) is 0 Å². The molecule has 0 unspecified atom stereocenters. The summed E-state index contributed by atoms with van der Waals surface area (Å²) in [6.45, 7) is 4.57. The van der Waals surface area contributed by atoms with E-state index in [-0.39, 0.29) is 51.4 Å². The minimum absolute atomic E-state index is 0. The second-order valence-electron chi connectivity index (χ2n) is 1.25. The van der Waals surface area contributed by atoms with Gasteiger partial charge in [-0.3, -0.25) is 0 Å². The Morgan fingerprint density at radius 3 is 2.80 bits per heavy atom. The fourth-order valence-electron chi connectivity index (χ4n) is 0.295. The van der Waals surface area contributed by atoms with Crippen LogP contribution in [-0.4, -0.2) is 17.5 Å². The summed E-state index contributed by atoms with van der Waals surface area (Å²) >= 11 is 9.13. The van der Waals surface area contributed by atoms with Gasteiger partial charge in [-0.25, -0.2) is 0 Å². The summed E-state index contributed by atoms with van der Waals surface area (Å²) in [5.74, 6) is 0. The first-order valence-corrected chi connectivity index (χ1v) is 3.26. The molecule has 0 atom stereocenters. The molecule has 2 nitrogen and oxygen atoms in total. The van der Waals surface area contributed by atoms with Gasteiger partial charge in [0.25, 0.3) is 0 Å². The first kappa shape index (κ1) is 13.8. The minimum Gasteiger partial charge on any atom is -0.500 e. The first-order chi connectivity index (χ1) is 4.27. The average Bonchev–Trinajstić information content (AvgIpc) is 1.80. The van der Waals surface area contributed by atoms with Gasteiger partial charge < -0.3 is 34.9 Å². The largest absolute Gasteiger partial charge is 1.00 e. The second-order valence-corrected chi connectivity index (χ2v) is 2.33. The first-order valence-electron chi connectivity index (χ1n) is 2.44. The Labute approximate surface area is 115 Å². The van der Waals surface area contributed by atoms with Crippen LogP contribution in [0, 0.1) is 0 Å². The van der Waals surface area contributed by atoms with Crippen LogP contribution in [0.15, 0.2) is 12.8 Å². The number of hydrogen-bond donors (Lipinski definition) is 1. The zero-order valence-corrected chi connectivity index (χ0v) is 10.7. The van der Waals surface area contributed by atoms with E-state index in [4.69, 9.17) is 4.74 Å². The summed E-state index contributed by atoms with van der Waals surface area (Å²) in [6, 6.07) is 0. The van der Waals surface area contributed by atoms with Crippen molar-refractivity contribution in [2.75, 3.05) is 13.2 Å². The van der Waals surface area contributed by atoms with Gasteiger partial charge in [-0.15, -0.1) is 0 Å². The Morgan fingerprint density at radius 2 is 2.40 bits per heavy atom. The summed E-state index contributed by atoms with van der Waals surface area (Å²) < 4.78 is 5.16. The predicted octanol–water partition coefficient (Wildman–Crippen LogP) is -2.43. The topological polar surface area (TPSA) is 21.3 Å². The molecule has 0 aliphatic heterocycles. The van der Waals surface area contributed by atoms with Crippen molar-refractivity contribution in [2.45, 2.75) is 0 Å². The van der Waals surface area contributed by atoms with Crippen molar-refractivity contribution < 1.29 is 56.1 Å². The van der Waals surface area contributed by atoms with Crippen LogP contribution in [0.3, 0.4) is 0 Å². The standard InChI is InChI=1S/C5H9NOS2.K/c1-2-7-4-3-6-5(8)9;/h2H,1,3-4H2,(H2,6,8,9);/q;+1/p-1. The minimum atomic E-state index is 0. The molecule has 0 aromatic heterocycles.